The Kier molecular flexibility index (Phi) is 7.85. The third-order valence-electron chi connectivity index (χ3n) is 2.67. The maximum absolute atomic E-state index is 12.1. The first-order chi connectivity index (χ1) is 10.1. The molecule has 1 N–H and O–H groups in total. The van der Waals surface area contributed by atoms with Gasteiger partial charge in [-0.25, -0.2) is 4.79 Å². The van der Waals surface area contributed by atoms with Crippen LogP contribution in [0.15, 0.2) is 29.2 Å². The van der Waals surface area contributed by atoms with E-state index >= 15 is 0 Å². The minimum absolute atomic E-state index is 0.332. The molecule has 0 saturated carbocycles. The Labute approximate surface area is 129 Å². The van der Waals surface area contributed by atoms with Crippen LogP contribution in [0.2, 0.25) is 0 Å². The van der Waals surface area contributed by atoms with Gasteiger partial charge in [-0.2, -0.15) is 0 Å². The van der Waals surface area contributed by atoms with E-state index in [2.05, 4.69) is 5.32 Å². The third-order valence-corrected chi connectivity index (χ3v) is 3.62. The first-order valence-corrected chi connectivity index (χ1v) is 7.78. The van der Waals surface area contributed by atoms with Crippen LogP contribution in [0.3, 0.4) is 0 Å². The van der Waals surface area contributed by atoms with Gasteiger partial charge in [-0.3, -0.25) is 4.79 Å². The largest absolute Gasteiger partial charge is 0.449 e. The van der Waals surface area contributed by atoms with Gasteiger partial charge in [-0.1, -0.05) is 19.1 Å². The molecule has 0 heterocycles. The van der Waals surface area contributed by atoms with Gasteiger partial charge in [0.15, 0.2) is 6.10 Å². The predicted molar refractivity (Wildman–Crippen MR) is 82.6 cm³/mol. The standard InChI is InChI=1S/C15H21NO4S/c1-4-21-13-8-6-5-7-12(13)15(18)20-11(2)14(17)16-9-10-19-3/h5-8,11H,4,9-10H2,1-3H3,(H,16,17)/t11-/m1/s1. The van der Waals surface area contributed by atoms with E-state index in [1.165, 1.54) is 0 Å². The lowest BCUT2D eigenvalue weighted by Gasteiger charge is -2.14. The van der Waals surface area contributed by atoms with Gasteiger partial charge in [0.1, 0.15) is 0 Å². The van der Waals surface area contributed by atoms with E-state index in [0.717, 1.165) is 10.6 Å². The lowest BCUT2D eigenvalue weighted by atomic mass is 10.2. The molecule has 5 nitrogen and oxygen atoms in total. The molecule has 1 amide bonds. The molecule has 1 aromatic carbocycles. The number of carbonyl (C=O) groups is 2. The Morgan fingerprint density at radius 1 is 1.33 bits per heavy atom. The molecule has 0 bridgehead atoms. The third kappa shape index (κ3) is 5.77. The topological polar surface area (TPSA) is 64.6 Å². The van der Waals surface area contributed by atoms with Crippen molar-refractivity contribution in [2.45, 2.75) is 24.8 Å². The van der Waals surface area contributed by atoms with Crippen LogP contribution >= 0.6 is 11.8 Å². The molecular formula is C15H21NO4S. The number of nitrogens with one attached hydrogen (secondary N) is 1. The van der Waals surface area contributed by atoms with Gasteiger partial charge < -0.3 is 14.8 Å². The van der Waals surface area contributed by atoms with E-state index in [-0.39, 0.29) is 5.91 Å². The second-order valence-electron chi connectivity index (χ2n) is 4.26. The smallest absolute Gasteiger partial charge is 0.340 e. The highest BCUT2D eigenvalue weighted by Gasteiger charge is 2.20. The van der Waals surface area contributed by atoms with E-state index in [4.69, 9.17) is 9.47 Å². The minimum atomic E-state index is -0.839. The number of hydrogen-bond acceptors (Lipinski definition) is 5. The van der Waals surface area contributed by atoms with Crippen molar-refractivity contribution in [3.63, 3.8) is 0 Å². The van der Waals surface area contributed by atoms with Gasteiger partial charge in [0.05, 0.1) is 12.2 Å². The van der Waals surface area contributed by atoms with Gasteiger partial charge >= 0.3 is 5.97 Å². The monoisotopic (exact) mass is 311 g/mol. The van der Waals surface area contributed by atoms with Crippen molar-refractivity contribution >= 4 is 23.6 Å². The highest BCUT2D eigenvalue weighted by Crippen LogP contribution is 2.23. The first-order valence-electron chi connectivity index (χ1n) is 6.79. The summed E-state index contributed by atoms with van der Waals surface area (Å²) in [6, 6.07) is 7.22. The molecule has 1 atom stereocenters. The summed E-state index contributed by atoms with van der Waals surface area (Å²) >= 11 is 1.56. The predicted octanol–water partition coefficient (Wildman–Crippen LogP) is 2.11. The molecule has 0 unspecified atom stereocenters. The van der Waals surface area contributed by atoms with Crippen molar-refractivity contribution in [3.8, 4) is 0 Å². The molecule has 0 saturated heterocycles. The number of amides is 1. The van der Waals surface area contributed by atoms with Crippen molar-refractivity contribution in [2.75, 3.05) is 26.0 Å². The molecule has 0 fully saturated rings. The quantitative estimate of drug-likeness (QED) is 0.452. The minimum Gasteiger partial charge on any atom is -0.449 e. The van der Waals surface area contributed by atoms with Crippen molar-refractivity contribution in [2.24, 2.45) is 0 Å². The SMILES string of the molecule is CCSc1ccccc1C(=O)O[C@H](C)C(=O)NCCOC. The summed E-state index contributed by atoms with van der Waals surface area (Å²) < 4.78 is 10.1. The molecule has 6 heteroatoms. The maximum atomic E-state index is 12.1. The van der Waals surface area contributed by atoms with Crippen LogP contribution in [0, 0.1) is 0 Å². The van der Waals surface area contributed by atoms with E-state index < -0.39 is 12.1 Å². The molecule has 0 aliphatic heterocycles. The van der Waals surface area contributed by atoms with Gasteiger partial charge in [0.25, 0.3) is 5.91 Å². The zero-order valence-corrected chi connectivity index (χ0v) is 13.4. The summed E-state index contributed by atoms with van der Waals surface area (Å²) in [5.74, 6) is 0.0409. The number of ether oxygens (including phenoxy) is 2. The van der Waals surface area contributed by atoms with Gasteiger partial charge in [0, 0.05) is 18.6 Å². The summed E-state index contributed by atoms with van der Waals surface area (Å²) in [6.07, 6.45) is -0.839. The molecule has 0 spiro atoms. The molecule has 0 aliphatic rings. The molecule has 0 aliphatic carbocycles. The summed E-state index contributed by atoms with van der Waals surface area (Å²) in [4.78, 5) is 24.7. The Balaban J connectivity index is 2.62. The lowest BCUT2D eigenvalue weighted by molar-refractivity contribution is -0.129. The Hall–Kier alpha value is -1.53. The van der Waals surface area contributed by atoms with Gasteiger partial charge in [0.2, 0.25) is 0 Å². The van der Waals surface area contributed by atoms with Crippen LogP contribution in [-0.4, -0.2) is 44.0 Å². The first kappa shape index (κ1) is 17.5. The summed E-state index contributed by atoms with van der Waals surface area (Å²) in [7, 11) is 1.55. The van der Waals surface area contributed by atoms with Crippen LogP contribution in [-0.2, 0) is 14.3 Å². The van der Waals surface area contributed by atoms with Crippen molar-refractivity contribution in [3.05, 3.63) is 29.8 Å². The zero-order chi connectivity index (χ0) is 15.7. The van der Waals surface area contributed by atoms with Crippen molar-refractivity contribution in [1.29, 1.82) is 0 Å². The molecule has 1 aromatic rings. The van der Waals surface area contributed by atoms with Gasteiger partial charge in [-0.05, 0) is 24.8 Å². The van der Waals surface area contributed by atoms with E-state index in [1.807, 2.05) is 19.1 Å². The fraction of sp³-hybridized carbons (Fsp3) is 0.467. The van der Waals surface area contributed by atoms with Crippen LogP contribution < -0.4 is 5.32 Å². The second kappa shape index (κ2) is 9.41. The summed E-state index contributed by atoms with van der Waals surface area (Å²) in [6.45, 7) is 4.37. The fourth-order valence-corrected chi connectivity index (χ4v) is 2.41. The highest BCUT2D eigenvalue weighted by molar-refractivity contribution is 7.99. The van der Waals surface area contributed by atoms with Gasteiger partial charge in [-0.15, -0.1) is 11.8 Å². The fourth-order valence-electron chi connectivity index (χ4n) is 1.61. The molecule has 116 valence electrons. The average Bonchev–Trinajstić information content (AvgIpc) is 2.48. The molecule has 0 aromatic heterocycles. The number of thioether (sulfide) groups is 1. The van der Waals surface area contributed by atoms with Crippen LogP contribution in [0.1, 0.15) is 24.2 Å². The average molecular weight is 311 g/mol. The normalized spacial score (nSPS) is 11.8. The Morgan fingerprint density at radius 3 is 2.71 bits per heavy atom. The lowest BCUT2D eigenvalue weighted by Crippen LogP contribution is -2.37. The maximum Gasteiger partial charge on any atom is 0.340 e. The summed E-state index contributed by atoms with van der Waals surface area (Å²) in [5.41, 5.74) is 0.487. The summed E-state index contributed by atoms with van der Waals surface area (Å²) in [5, 5.41) is 2.63. The number of benzene rings is 1. The molecular weight excluding hydrogens is 290 g/mol. The van der Waals surface area contributed by atoms with Crippen molar-refractivity contribution in [1.82, 2.24) is 5.32 Å². The van der Waals surface area contributed by atoms with Crippen LogP contribution in [0.5, 0.6) is 0 Å². The van der Waals surface area contributed by atoms with Crippen molar-refractivity contribution < 1.29 is 19.1 Å². The van der Waals surface area contributed by atoms with E-state index in [9.17, 15) is 9.59 Å². The molecule has 21 heavy (non-hydrogen) atoms. The number of methoxy groups -OCH3 is 1. The number of rotatable bonds is 8. The van der Waals surface area contributed by atoms with E-state index in [0.29, 0.717) is 18.7 Å². The van der Waals surface area contributed by atoms with Crippen LogP contribution in [0.25, 0.3) is 0 Å². The number of carbonyl (C=O) groups excluding carboxylic acids is 2. The molecule has 1 rings (SSSR count). The zero-order valence-electron chi connectivity index (χ0n) is 12.5. The molecule has 0 radical (unpaired) electrons. The highest BCUT2D eigenvalue weighted by atomic mass is 32.2. The Bertz CT molecular complexity index is 478. The van der Waals surface area contributed by atoms with Crippen LogP contribution in [0.4, 0.5) is 0 Å². The number of esters is 1. The number of hydrogen-bond donors (Lipinski definition) is 1. The second-order valence-corrected chi connectivity index (χ2v) is 5.57. The Morgan fingerprint density at radius 2 is 2.05 bits per heavy atom. The van der Waals surface area contributed by atoms with E-state index in [1.54, 1.807) is 37.9 Å².